The third-order valence-corrected chi connectivity index (χ3v) is 8.30. The van der Waals surface area contributed by atoms with Crippen molar-refractivity contribution in [2.75, 3.05) is 4.90 Å². The van der Waals surface area contributed by atoms with Gasteiger partial charge in [0.1, 0.15) is 0 Å². The van der Waals surface area contributed by atoms with Gasteiger partial charge in [-0.2, -0.15) is 0 Å². The molecule has 30 heavy (non-hydrogen) atoms. The van der Waals surface area contributed by atoms with Gasteiger partial charge in [0, 0.05) is 11.8 Å². The van der Waals surface area contributed by atoms with E-state index >= 15 is 0 Å². The molecule has 2 aromatic rings. The Hall–Kier alpha value is -2.94. The van der Waals surface area contributed by atoms with E-state index in [1.165, 1.54) is 35.3 Å². The number of rotatable bonds is 2. The van der Waals surface area contributed by atoms with Crippen molar-refractivity contribution in [1.82, 2.24) is 0 Å². The Morgan fingerprint density at radius 3 is 1.83 bits per heavy atom. The highest BCUT2D eigenvalue weighted by molar-refractivity contribution is 6.23. The predicted octanol–water partition coefficient (Wildman–Crippen LogP) is 4.86. The number of carbonyl (C=O) groups is 2. The SMILES string of the molecule is O=C1[C@@H]2[C@H]3C(=Cc4ccccc4)[C@@H](C4=C3[C@H]3CC[C@H]4C3)[C@H]2C(=O)N1c1ccccc1. The van der Waals surface area contributed by atoms with Gasteiger partial charge < -0.3 is 0 Å². The van der Waals surface area contributed by atoms with Crippen LogP contribution >= 0.6 is 0 Å². The van der Waals surface area contributed by atoms with Crippen molar-refractivity contribution in [2.45, 2.75) is 19.3 Å². The second kappa shape index (κ2) is 5.81. The molecule has 5 aliphatic rings. The van der Waals surface area contributed by atoms with Gasteiger partial charge in [0.05, 0.1) is 17.5 Å². The number of anilines is 1. The first-order valence-electron chi connectivity index (χ1n) is 11.2. The molecule has 1 saturated heterocycles. The topological polar surface area (TPSA) is 37.4 Å². The fraction of sp³-hybridized carbons (Fsp3) is 0.333. The van der Waals surface area contributed by atoms with Crippen molar-refractivity contribution < 1.29 is 9.59 Å². The van der Waals surface area contributed by atoms with Gasteiger partial charge >= 0.3 is 0 Å². The molecule has 4 aliphatic carbocycles. The molecular formula is C27H23NO2. The molecular weight excluding hydrogens is 370 g/mol. The maximum absolute atomic E-state index is 13.6. The molecule has 0 N–H and O–H groups in total. The zero-order valence-corrected chi connectivity index (χ0v) is 16.7. The molecule has 148 valence electrons. The minimum absolute atomic E-state index is 0.0111. The molecule has 0 spiro atoms. The van der Waals surface area contributed by atoms with E-state index in [0.717, 1.165) is 5.69 Å². The van der Waals surface area contributed by atoms with Gasteiger partial charge in [-0.1, -0.05) is 71.3 Å². The molecule has 4 bridgehead atoms. The highest BCUT2D eigenvalue weighted by atomic mass is 16.2. The first-order valence-corrected chi connectivity index (χ1v) is 11.2. The normalized spacial score (nSPS) is 35.5. The van der Waals surface area contributed by atoms with Crippen LogP contribution < -0.4 is 4.90 Å². The van der Waals surface area contributed by atoms with E-state index in [1.54, 1.807) is 11.1 Å². The average Bonchev–Trinajstić information content (AvgIpc) is 3.56. The summed E-state index contributed by atoms with van der Waals surface area (Å²) in [4.78, 5) is 28.8. The number of amides is 2. The van der Waals surface area contributed by atoms with E-state index in [-0.39, 0.29) is 35.5 Å². The van der Waals surface area contributed by atoms with E-state index in [1.807, 2.05) is 36.4 Å². The molecule has 1 heterocycles. The largest absolute Gasteiger partial charge is 0.274 e. The second-order valence-corrected chi connectivity index (χ2v) is 9.53. The third kappa shape index (κ3) is 1.96. The summed E-state index contributed by atoms with van der Waals surface area (Å²) in [5.74, 6) is 1.13. The summed E-state index contributed by atoms with van der Waals surface area (Å²) >= 11 is 0. The van der Waals surface area contributed by atoms with Crippen molar-refractivity contribution in [2.24, 2.45) is 35.5 Å². The van der Waals surface area contributed by atoms with Crippen LogP contribution in [0.3, 0.4) is 0 Å². The average molecular weight is 393 g/mol. The maximum atomic E-state index is 13.6. The Labute approximate surface area is 176 Å². The Kier molecular flexibility index (Phi) is 3.26. The molecule has 1 aliphatic heterocycles. The molecule has 0 aromatic heterocycles. The Morgan fingerprint density at radius 2 is 1.27 bits per heavy atom. The number of para-hydroxylation sites is 1. The van der Waals surface area contributed by atoms with E-state index in [9.17, 15) is 9.59 Å². The minimum atomic E-state index is -0.212. The Morgan fingerprint density at radius 1 is 0.733 bits per heavy atom. The molecule has 0 radical (unpaired) electrons. The monoisotopic (exact) mass is 393 g/mol. The van der Waals surface area contributed by atoms with Gasteiger partial charge in [-0.05, 0) is 48.8 Å². The van der Waals surface area contributed by atoms with E-state index in [0.29, 0.717) is 11.8 Å². The number of benzene rings is 2. The molecule has 2 amide bonds. The minimum Gasteiger partial charge on any atom is -0.274 e. The fourth-order valence-electron chi connectivity index (χ4n) is 7.41. The maximum Gasteiger partial charge on any atom is 0.238 e. The summed E-state index contributed by atoms with van der Waals surface area (Å²) in [7, 11) is 0. The van der Waals surface area contributed by atoms with Gasteiger partial charge in [0.15, 0.2) is 0 Å². The summed E-state index contributed by atoms with van der Waals surface area (Å²) in [6.45, 7) is 0. The van der Waals surface area contributed by atoms with Crippen molar-refractivity contribution in [1.29, 1.82) is 0 Å². The standard InChI is InChI=1S/C27H23NO2/c29-26-24-22-19(13-15-7-3-1-4-8-15)23(21-17-12-11-16(14-17)20(21)22)25(24)27(30)28(26)18-9-5-2-6-10-18/h1-10,13,16-17,22-25H,11-12,14H2/t16-,17-,22-,23-,24+,25+/m0/s1. The Balaban J connectivity index is 1.37. The van der Waals surface area contributed by atoms with Crippen molar-refractivity contribution in [3.8, 4) is 0 Å². The molecule has 0 unspecified atom stereocenters. The molecule has 2 aromatic carbocycles. The summed E-state index contributed by atoms with van der Waals surface area (Å²) in [5.41, 5.74) is 6.34. The van der Waals surface area contributed by atoms with Crippen LogP contribution in [0.5, 0.6) is 0 Å². The molecule has 3 heteroatoms. The number of imide groups is 1. The number of carbonyl (C=O) groups excluding carboxylic acids is 2. The van der Waals surface area contributed by atoms with E-state index in [2.05, 4.69) is 30.3 Å². The summed E-state index contributed by atoms with van der Waals surface area (Å²) in [6.07, 6.45) is 6.06. The van der Waals surface area contributed by atoms with Crippen LogP contribution in [0.4, 0.5) is 5.69 Å². The zero-order valence-electron chi connectivity index (χ0n) is 16.7. The van der Waals surface area contributed by atoms with Crippen LogP contribution in [0.2, 0.25) is 0 Å². The molecule has 6 atom stereocenters. The summed E-state index contributed by atoms with van der Waals surface area (Å²) in [6, 6.07) is 19.9. The number of nitrogens with zero attached hydrogens (tertiary/aromatic N) is 1. The van der Waals surface area contributed by atoms with E-state index in [4.69, 9.17) is 0 Å². The molecule has 3 fully saturated rings. The van der Waals surface area contributed by atoms with Gasteiger partial charge in [-0.25, -0.2) is 4.90 Å². The van der Waals surface area contributed by atoms with Gasteiger partial charge in [0.25, 0.3) is 0 Å². The molecule has 2 saturated carbocycles. The number of allylic oxidation sites excluding steroid dienone is 3. The van der Waals surface area contributed by atoms with Crippen molar-refractivity contribution in [3.05, 3.63) is 82.9 Å². The highest BCUT2D eigenvalue weighted by Crippen LogP contribution is 2.70. The van der Waals surface area contributed by atoms with Gasteiger partial charge in [-0.3, -0.25) is 9.59 Å². The van der Waals surface area contributed by atoms with Crippen molar-refractivity contribution in [3.63, 3.8) is 0 Å². The quantitative estimate of drug-likeness (QED) is 0.415. The lowest BCUT2D eigenvalue weighted by molar-refractivity contribution is -0.123. The number of fused-ring (bicyclic) bond motifs is 11. The lowest BCUT2D eigenvalue weighted by atomic mass is 9.72. The predicted molar refractivity (Wildman–Crippen MR) is 115 cm³/mol. The lowest BCUT2D eigenvalue weighted by Crippen LogP contribution is -2.33. The van der Waals surface area contributed by atoms with Crippen LogP contribution in [-0.2, 0) is 9.59 Å². The highest BCUT2D eigenvalue weighted by Gasteiger charge is 2.69. The third-order valence-electron chi connectivity index (χ3n) is 8.30. The fourth-order valence-corrected chi connectivity index (χ4v) is 7.41. The lowest BCUT2D eigenvalue weighted by Gasteiger charge is -2.28. The van der Waals surface area contributed by atoms with Crippen LogP contribution in [0.1, 0.15) is 24.8 Å². The summed E-state index contributed by atoms with van der Waals surface area (Å²) in [5, 5.41) is 0. The first kappa shape index (κ1) is 16.8. The van der Waals surface area contributed by atoms with Crippen LogP contribution in [0, 0.1) is 35.5 Å². The van der Waals surface area contributed by atoms with Crippen LogP contribution in [0.25, 0.3) is 6.08 Å². The van der Waals surface area contributed by atoms with Gasteiger partial charge in [0.2, 0.25) is 11.8 Å². The number of hydrogen-bond donors (Lipinski definition) is 0. The number of hydrogen-bond acceptors (Lipinski definition) is 2. The first-order chi connectivity index (χ1) is 14.7. The van der Waals surface area contributed by atoms with Crippen LogP contribution in [0.15, 0.2) is 77.4 Å². The smallest absolute Gasteiger partial charge is 0.238 e. The second-order valence-electron chi connectivity index (χ2n) is 9.53. The van der Waals surface area contributed by atoms with Crippen molar-refractivity contribution >= 4 is 23.6 Å². The Bertz CT molecular complexity index is 1100. The summed E-state index contributed by atoms with van der Waals surface area (Å²) < 4.78 is 0. The van der Waals surface area contributed by atoms with Crippen LogP contribution in [-0.4, -0.2) is 11.8 Å². The molecule has 3 nitrogen and oxygen atoms in total. The van der Waals surface area contributed by atoms with Gasteiger partial charge in [-0.15, -0.1) is 0 Å². The zero-order chi connectivity index (χ0) is 20.0. The molecule has 7 rings (SSSR count). The van der Waals surface area contributed by atoms with E-state index < -0.39 is 0 Å².